The van der Waals surface area contributed by atoms with Gasteiger partial charge in [0.2, 0.25) is 0 Å². The molecule has 0 bridgehead atoms. The fraction of sp³-hybridized carbons (Fsp3) is 0.833. The molecule has 10 heavy (non-hydrogen) atoms. The van der Waals surface area contributed by atoms with Crippen molar-refractivity contribution in [1.29, 1.82) is 0 Å². The van der Waals surface area contributed by atoms with Crippen LogP contribution in [0, 0.1) is 0 Å². The molecular formula is C6H11NO3. The van der Waals surface area contributed by atoms with Gasteiger partial charge < -0.3 is 15.1 Å². The zero-order chi connectivity index (χ0) is 7.72. The lowest BCUT2D eigenvalue weighted by atomic mass is 10.2. The molecule has 1 aliphatic rings. The van der Waals surface area contributed by atoms with Gasteiger partial charge in [-0.15, -0.1) is 0 Å². The zero-order valence-corrected chi connectivity index (χ0v) is 5.82. The van der Waals surface area contributed by atoms with Gasteiger partial charge in [-0.25, -0.2) is 4.79 Å². The third-order valence-electron chi connectivity index (χ3n) is 1.80. The standard InChI is InChI=1S/C6H11NO3/c1-4-2-5(8)3-7(4)6(9)10/h4-5,8H,2-3H2,1H3,(H,9,10)/t4-,5-/m0/s1. The Kier molecular flexibility index (Phi) is 1.80. The quantitative estimate of drug-likeness (QED) is 0.509. The minimum Gasteiger partial charge on any atom is -0.465 e. The van der Waals surface area contributed by atoms with Crippen molar-refractivity contribution in [3.63, 3.8) is 0 Å². The van der Waals surface area contributed by atoms with Crippen LogP contribution in [0.1, 0.15) is 13.3 Å². The first-order valence-electron chi connectivity index (χ1n) is 3.29. The van der Waals surface area contributed by atoms with E-state index in [1.165, 1.54) is 4.90 Å². The Morgan fingerprint density at radius 3 is 2.50 bits per heavy atom. The van der Waals surface area contributed by atoms with E-state index in [-0.39, 0.29) is 12.6 Å². The van der Waals surface area contributed by atoms with Crippen molar-refractivity contribution in [2.75, 3.05) is 6.54 Å². The molecule has 0 aromatic heterocycles. The van der Waals surface area contributed by atoms with E-state index in [4.69, 9.17) is 10.2 Å². The summed E-state index contributed by atoms with van der Waals surface area (Å²) in [5.74, 6) is 0. The summed E-state index contributed by atoms with van der Waals surface area (Å²) in [6.45, 7) is 2.06. The van der Waals surface area contributed by atoms with Crippen molar-refractivity contribution < 1.29 is 15.0 Å². The van der Waals surface area contributed by atoms with Gasteiger partial charge in [0.15, 0.2) is 0 Å². The zero-order valence-electron chi connectivity index (χ0n) is 5.82. The van der Waals surface area contributed by atoms with Crippen LogP contribution in [-0.2, 0) is 0 Å². The minimum atomic E-state index is -0.941. The molecule has 2 N–H and O–H groups in total. The Bertz CT molecular complexity index is 148. The second kappa shape index (κ2) is 2.46. The van der Waals surface area contributed by atoms with Crippen LogP contribution in [-0.4, -0.2) is 39.9 Å². The third-order valence-corrected chi connectivity index (χ3v) is 1.80. The third kappa shape index (κ3) is 1.21. The second-order valence-corrected chi connectivity index (χ2v) is 2.67. The highest BCUT2D eigenvalue weighted by molar-refractivity contribution is 5.65. The molecule has 0 unspecified atom stereocenters. The molecule has 1 heterocycles. The smallest absolute Gasteiger partial charge is 0.407 e. The van der Waals surface area contributed by atoms with Crippen molar-refractivity contribution >= 4 is 6.09 Å². The van der Waals surface area contributed by atoms with Crippen molar-refractivity contribution in [1.82, 2.24) is 4.90 Å². The first-order chi connectivity index (χ1) is 4.61. The van der Waals surface area contributed by atoms with Gasteiger partial charge in [-0.3, -0.25) is 0 Å². The molecule has 1 fully saturated rings. The van der Waals surface area contributed by atoms with Crippen LogP contribution in [0.15, 0.2) is 0 Å². The number of carboxylic acid groups (broad SMARTS) is 1. The summed E-state index contributed by atoms with van der Waals surface area (Å²) in [5.41, 5.74) is 0. The van der Waals surface area contributed by atoms with Crippen LogP contribution in [0.4, 0.5) is 4.79 Å². The molecular weight excluding hydrogens is 134 g/mol. The maximum Gasteiger partial charge on any atom is 0.407 e. The molecule has 1 saturated heterocycles. The topological polar surface area (TPSA) is 60.8 Å². The number of nitrogens with zero attached hydrogens (tertiary/aromatic N) is 1. The summed E-state index contributed by atoms with van der Waals surface area (Å²) < 4.78 is 0. The van der Waals surface area contributed by atoms with Crippen LogP contribution in [0.25, 0.3) is 0 Å². The van der Waals surface area contributed by atoms with E-state index < -0.39 is 12.2 Å². The van der Waals surface area contributed by atoms with E-state index in [1.807, 2.05) is 0 Å². The minimum absolute atomic E-state index is 0.0347. The Labute approximate surface area is 59.1 Å². The first-order valence-corrected chi connectivity index (χ1v) is 3.29. The van der Waals surface area contributed by atoms with Crippen molar-refractivity contribution in [2.24, 2.45) is 0 Å². The molecule has 4 nitrogen and oxygen atoms in total. The molecule has 1 rings (SSSR count). The number of carbonyl (C=O) groups is 1. The van der Waals surface area contributed by atoms with E-state index in [2.05, 4.69) is 0 Å². The molecule has 0 aliphatic carbocycles. The van der Waals surface area contributed by atoms with Gasteiger partial charge in [0.1, 0.15) is 0 Å². The summed E-state index contributed by atoms with van der Waals surface area (Å²) in [4.78, 5) is 11.6. The Balaban J connectivity index is 2.54. The molecule has 2 atom stereocenters. The summed E-state index contributed by atoms with van der Waals surface area (Å²) in [6.07, 6.45) is -0.845. The lowest BCUT2D eigenvalue weighted by Crippen LogP contribution is -2.32. The Morgan fingerprint density at radius 2 is 2.30 bits per heavy atom. The van der Waals surface area contributed by atoms with Gasteiger partial charge in [-0.1, -0.05) is 0 Å². The van der Waals surface area contributed by atoms with Crippen molar-refractivity contribution in [3.05, 3.63) is 0 Å². The van der Waals surface area contributed by atoms with Gasteiger partial charge in [-0.05, 0) is 13.3 Å². The average molecular weight is 145 g/mol. The predicted molar refractivity (Wildman–Crippen MR) is 34.8 cm³/mol. The van der Waals surface area contributed by atoms with Crippen LogP contribution in [0.5, 0.6) is 0 Å². The number of β-amino-alcohol motifs (C(OH)–C–C–N with tert-alkyl or cyclic N) is 1. The molecule has 0 spiro atoms. The van der Waals surface area contributed by atoms with Crippen LogP contribution in [0.3, 0.4) is 0 Å². The number of hydrogen-bond donors (Lipinski definition) is 2. The molecule has 1 amide bonds. The largest absolute Gasteiger partial charge is 0.465 e. The number of likely N-dealkylation sites (tertiary alicyclic amines) is 1. The van der Waals surface area contributed by atoms with E-state index in [0.29, 0.717) is 6.42 Å². The van der Waals surface area contributed by atoms with Crippen LogP contribution in [0.2, 0.25) is 0 Å². The van der Waals surface area contributed by atoms with E-state index in [0.717, 1.165) is 0 Å². The molecule has 0 aromatic rings. The Morgan fingerprint density at radius 1 is 1.70 bits per heavy atom. The maximum absolute atomic E-state index is 10.4. The normalized spacial score (nSPS) is 32.8. The van der Waals surface area contributed by atoms with Crippen LogP contribution >= 0.6 is 0 Å². The number of hydrogen-bond acceptors (Lipinski definition) is 2. The number of aliphatic hydroxyl groups is 1. The van der Waals surface area contributed by atoms with E-state index >= 15 is 0 Å². The molecule has 58 valence electrons. The molecule has 1 aliphatic heterocycles. The maximum atomic E-state index is 10.4. The summed E-state index contributed by atoms with van der Waals surface area (Å²) in [6, 6.07) is -0.0347. The molecule has 4 heteroatoms. The van der Waals surface area contributed by atoms with E-state index in [9.17, 15) is 4.79 Å². The SMILES string of the molecule is C[C@H]1C[C@H](O)CN1C(=O)O. The summed E-state index contributed by atoms with van der Waals surface area (Å²) in [7, 11) is 0. The second-order valence-electron chi connectivity index (χ2n) is 2.67. The van der Waals surface area contributed by atoms with Crippen molar-refractivity contribution in [2.45, 2.75) is 25.5 Å². The van der Waals surface area contributed by atoms with Gasteiger partial charge in [0.25, 0.3) is 0 Å². The Hall–Kier alpha value is -0.770. The van der Waals surface area contributed by atoms with Crippen molar-refractivity contribution in [3.8, 4) is 0 Å². The lowest BCUT2D eigenvalue weighted by molar-refractivity contribution is 0.133. The monoisotopic (exact) mass is 145 g/mol. The predicted octanol–water partition coefficient (Wildman–Crippen LogP) is 0.120. The highest BCUT2D eigenvalue weighted by Gasteiger charge is 2.30. The van der Waals surface area contributed by atoms with Gasteiger partial charge in [-0.2, -0.15) is 0 Å². The number of rotatable bonds is 0. The van der Waals surface area contributed by atoms with Gasteiger partial charge in [0.05, 0.1) is 12.6 Å². The molecule has 0 radical (unpaired) electrons. The fourth-order valence-electron chi connectivity index (χ4n) is 1.27. The molecule has 0 aromatic carbocycles. The summed E-state index contributed by atoms with van der Waals surface area (Å²) >= 11 is 0. The molecule has 0 saturated carbocycles. The lowest BCUT2D eigenvalue weighted by Gasteiger charge is -2.15. The number of aliphatic hydroxyl groups excluding tert-OH is 1. The number of amides is 1. The van der Waals surface area contributed by atoms with Gasteiger partial charge in [0, 0.05) is 6.04 Å². The fourth-order valence-corrected chi connectivity index (χ4v) is 1.27. The first kappa shape index (κ1) is 7.34. The summed E-state index contributed by atoms with van der Waals surface area (Å²) in [5, 5.41) is 17.5. The highest BCUT2D eigenvalue weighted by Crippen LogP contribution is 2.16. The highest BCUT2D eigenvalue weighted by atomic mass is 16.4. The van der Waals surface area contributed by atoms with Gasteiger partial charge >= 0.3 is 6.09 Å². The average Bonchev–Trinajstić information content (AvgIpc) is 2.10. The van der Waals surface area contributed by atoms with E-state index in [1.54, 1.807) is 6.92 Å². The van der Waals surface area contributed by atoms with Crippen LogP contribution < -0.4 is 0 Å².